The average molecular weight is 588 g/mol. The molecule has 1 atom stereocenters. The number of carbonyl (C=O) groups excluding carboxylic acids is 2. The summed E-state index contributed by atoms with van der Waals surface area (Å²) >= 11 is 6.34. The highest BCUT2D eigenvalue weighted by Gasteiger charge is 2.32. The van der Waals surface area contributed by atoms with Crippen molar-refractivity contribution in [2.75, 3.05) is 31.6 Å². The van der Waals surface area contributed by atoms with Crippen LogP contribution >= 0.6 is 11.6 Å². The second-order valence-electron chi connectivity index (χ2n) is 9.08. The smallest absolute Gasteiger partial charge is 0.264 e. The van der Waals surface area contributed by atoms with Crippen LogP contribution in [0.3, 0.4) is 0 Å². The lowest BCUT2D eigenvalue weighted by Crippen LogP contribution is -2.51. The fourth-order valence-corrected chi connectivity index (χ4v) is 5.67. The zero-order valence-corrected chi connectivity index (χ0v) is 24.8. The number of benzene rings is 3. The molecule has 1 N–H and O–H groups in total. The molecular weight excluding hydrogens is 554 g/mol. The maximum absolute atomic E-state index is 13.9. The summed E-state index contributed by atoms with van der Waals surface area (Å²) in [5, 5.41) is 2.92. The molecule has 3 aromatic carbocycles. The van der Waals surface area contributed by atoms with Crippen molar-refractivity contribution in [2.45, 2.75) is 38.3 Å². The number of hydrogen-bond acceptors (Lipinski definition) is 6. The van der Waals surface area contributed by atoms with Crippen LogP contribution in [-0.2, 0) is 26.2 Å². The summed E-state index contributed by atoms with van der Waals surface area (Å²) in [5.74, 6) is 0.0718. The second kappa shape index (κ2) is 13.5. The molecule has 0 saturated heterocycles. The van der Waals surface area contributed by atoms with E-state index in [-0.39, 0.29) is 28.1 Å². The Kier molecular flexibility index (Phi) is 10.4. The number of hydrogen-bond donors (Lipinski definition) is 1. The van der Waals surface area contributed by atoms with Gasteiger partial charge in [0, 0.05) is 13.1 Å². The lowest BCUT2D eigenvalue weighted by molar-refractivity contribution is -0.139. The van der Waals surface area contributed by atoms with E-state index in [1.54, 1.807) is 57.4 Å². The highest BCUT2D eigenvalue weighted by molar-refractivity contribution is 7.92. The van der Waals surface area contributed by atoms with Gasteiger partial charge >= 0.3 is 0 Å². The Morgan fingerprint density at radius 1 is 0.975 bits per heavy atom. The van der Waals surface area contributed by atoms with E-state index in [0.717, 1.165) is 15.4 Å². The minimum Gasteiger partial charge on any atom is -0.497 e. The van der Waals surface area contributed by atoms with Crippen molar-refractivity contribution in [2.24, 2.45) is 0 Å². The number of anilines is 1. The van der Waals surface area contributed by atoms with Gasteiger partial charge in [-0.25, -0.2) is 8.42 Å². The van der Waals surface area contributed by atoms with Crippen LogP contribution in [0.1, 0.15) is 25.0 Å². The number of aryl methyl sites for hydroxylation is 1. The van der Waals surface area contributed by atoms with Crippen LogP contribution in [0, 0.1) is 6.92 Å². The summed E-state index contributed by atoms with van der Waals surface area (Å²) in [6, 6.07) is 17.0. The van der Waals surface area contributed by atoms with Gasteiger partial charge in [-0.2, -0.15) is 0 Å². The molecule has 0 fully saturated rings. The van der Waals surface area contributed by atoms with Crippen LogP contribution in [0.5, 0.6) is 11.5 Å². The van der Waals surface area contributed by atoms with Crippen LogP contribution < -0.4 is 19.1 Å². The molecule has 214 valence electrons. The van der Waals surface area contributed by atoms with Crippen LogP contribution in [-0.4, -0.2) is 58.5 Å². The Balaban J connectivity index is 2.05. The molecule has 40 heavy (non-hydrogen) atoms. The van der Waals surface area contributed by atoms with Crippen molar-refractivity contribution < 1.29 is 27.5 Å². The fraction of sp³-hybridized carbons (Fsp3) is 0.310. The zero-order valence-electron chi connectivity index (χ0n) is 23.2. The number of rotatable bonds is 12. The molecule has 0 unspecified atom stereocenters. The lowest BCUT2D eigenvalue weighted by Gasteiger charge is -2.32. The number of sulfonamides is 1. The van der Waals surface area contributed by atoms with Gasteiger partial charge in [-0.05, 0) is 68.8 Å². The first kappa shape index (κ1) is 30.8. The summed E-state index contributed by atoms with van der Waals surface area (Å²) in [6.45, 7) is 5.12. The largest absolute Gasteiger partial charge is 0.497 e. The van der Waals surface area contributed by atoms with Gasteiger partial charge in [0.25, 0.3) is 10.0 Å². The fourth-order valence-electron chi connectivity index (χ4n) is 4.01. The minimum atomic E-state index is -4.20. The van der Waals surface area contributed by atoms with E-state index in [4.69, 9.17) is 21.1 Å². The molecule has 0 heterocycles. The van der Waals surface area contributed by atoms with Crippen LogP contribution in [0.2, 0.25) is 5.02 Å². The van der Waals surface area contributed by atoms with Crippen molar-refractivity contribution in [3.63, 3.8) is 0 Å². The van der Waals surface area contributed by atoms with E-state index in [9.17, 15) is 18.0 Å². The maximum atomic E-state index is 13.9. The number of carbonyl (C=O) groups is 2. The van der Waals surface area contributed by atoms with Crippen molar-refractivity contribution in [1.82, 2.24) is 10.2 Å². The molecule has 9 nitrogen and oxygen atoms in total. The standard InChI is InChI=1S/C29H34ClN3O6S/c1-6-31-29(35)21(3)32(18-22-9-12-24(38-4)13-10-22)28(34)19-33(23-11-16-27(39-5)26(30)17-23)40(36,37)25-14-7-20(2)8-15-25/h7-17,21H,6,18-19H2,1-5H3,(H,31,35)/t21-/m1/s1. The van der Waals surface area contributed by atoms with E-state index in [1.807, 2.05) is 6.92 Å². The Morgan fingerprint density at radius 3 is 2.17 bits per heavy atom. The Labute approximate surface area is 240 Å². The Morgan fingerprint density at radius 2 is 1.62 bits per heavy atom. The minimum absolute atomic E-state index is 0.0105. The monoisotopic (exact) mass is 587 g/mol. The van der Waals surface area contributed by atoms with Gasteiger partial charge in [0.15, 0.2) is 0 Å². The average Bonchev–Trinajstić information content (AvgIpc) is 2.94. The van der Waals surface area contributed by atoms with E-state index < -0.39 is 28.5 Å². The summed E-state index contributed by atoms with van der Waals surface area (Å²) in [7, 11) is -1.20. The van der Waals surface area contributed by atoms with Crippen LogP contribution in [0.25, 0.3) is 0 Å². The van der Waals surface area contributed by atoms with E-state index in [2.05, 4.69) is 5.32 Å². The molecule has 11 heteroatoms. The van der Waals surface area contributed by atoms with E-state index in [1.165, 1.54) is 42.3 Å². The van der Waals surface area contributed by atoms with Crippen molar-refractivity contribution in [3.05, 3.63) is 82.9 Å². The first-order chi connectivity index (χ1) is 19.0. The molecule has 3 rings (SSSR count). The van der Waals surface area contributed by atoms with Crippen LogP contribution in [0.4, 0.5) is 5.69 Å². The molecule has 2 amide bonds. The number of ether oxygens (including phenoxy) is 2. The number of nitrogens with one attached hydrogen (secondary N) is 1. The summed E-state index contributed by atoms with van der Waals surface area (Å²) in [4.78, 5) is 28.1. The molecule has 0 radical (unpaired) electrons. The van der Waals surface area contributed by atoms with Gasteiger partial charge in [0.05, 0.1) is 29.8 Å². The number of likely N-dealkylation sites (N-methyl/N-ethyl adjacent to an activating group) is 1. The maximum Gasteiger partial charge on any atom is 0.264 e. The predicted molar refractivity (Wildman–Crippen MR) is 155 cm³/mol. The van der Waals surface area contributed by atoms with Gasteiger partial charge in [-0.3, -0.25) is 13.9 Å². The summed E-state index contributed by atoms with van der Waals surface area (Å²) in [6.07, 6.45) is 0. The van der Waals surface area contributed by atoms with Gasteiger partial charge in [-0.15, -0.1) is 0 Å². The second-order valence-corrected chi connectivity index (χ2v) is 11.4. The third-order valence-electron chi connectivity index (χ3n) is 6.34. The van der Waals surface area contributed by atoms with Gasteiger partial charge < -0.3 is 19.7 Å². The van der Waals surface area contributed by atoms with E-state index >= 15 is 0 Å². The summed E-state index contributed by atoms with van der Waals surface area (Å²) in [5.41, 5.74) is 1.80. The highest BCUT2D eigenvalue weighted by Crippen LogP contribution is 2.32. The SMILES string of the molecule is CCNC(=O)[C@@H](C)N(Cc1ccc(OC)cc1)C(=O)CN(c1ccc(OC)c(Cl)c1)S(=O)(=O)c1ccc(C)cc1. The molecule has 0 aliphatic carbocycles. The third-order valence-corrected chi connectivity index (χ3v) is 8.42. The number of halogens is 1. The number of amides is 2. The molecule has 0 spiro atoms. The third kappa shape index (κ3) is 7.25. The lowest BCUT2D eigenvalue weighted by atomic mass is 10.1. The van der Waals surface area contributed by atoms with Crippen molar-refractivity contribution in [1.29, 1.82) is 0 Å². The Bertz CT molecular complexity index is 1430. The van der Waals surface area contributed by atoms with Crippen LogP contribution in [0.15, 0.2) is 71.6 Å². The van der Waals surface area contributed by atoms with Gasteiger partial charge in [0.1, 0.15) is 24.1 Å². The highest BCUT2D eigenvalue weighted by atomic mass is 35.5. The zero-order chi connectivity index (χ0) is 29.4. The molecule has 0 aliphatic rings. The first-order valence-electron chi connectivity index (χ1n) is 12.6. The predicted octanol–water partition coefficient (Wildman–Crippen LogP) is 4.41. The molecule has 0 saturated carbocycles. The molecule has 0 aromatic heterocycles. The van der Waals surface area contributed by atoms with Crippen molar-refractivity contribution in [3.8, 4) is 11.5 Å². The molecular formula is C29H34ClN3O6S. The quantitative estimate of drug-likeness (QED) is 0.336. The number of methoxy groups -OCH3 is 2. The molecule has 3 aromatic rings. The molecule has 0 aliphatic heterocycles. The summed E-state index contributed by atoms with van der Waals surface area (Å²) < 4.78 is 39.2. The van der Waals surface area contributed by atoms with Crippen molar-refractivity contribution >= 4 is 39.1 Å². The van der Waals surface area contributed by atoms with E-state index in [0.29, 0.717) is 18.0 Å². The van der Waals surface area contributed by atoms with Gasteiger partial charge in [0.2, 0.25) is 11.8 Å². The molecule has 0 bridgehead atoms. The Hall–Kier alpha value is -3.76. The topological polar surface area (TPSA) is 105 Å². The first-order valence-corrected chi connectivity index (χ1v) is 14.5. The normalized spacial score (nSPS) is 11.8. The number of nitrogens with zero attached hydrogens (tertiary/aromatic N) is 2. The van der Waals surface area contributed by atoms with Gasteiger partial charge in [-0.1, -0.05) is 41.4 Å².